The van der Waals surface area contributed by atoms with Crippen molar-refractivity contribution in [3.63, 3.8) is 0 Å². The van der Waals surface area contributed by atoms with E-state index >= 15 is 0 Å². The molecule has 0 spiro atoms. The molecule has 166 valence electrons. The fourth-order valence-electron chi connectivity index (χ4n) is 3.37. The molecule has 0 aliphatic carbocycles. The molecule has 0 bridgehead atoms. The molecule has 0 saturated carbocycles. The highest BCUT2D eigenvalue weighted by Crippen LogP contribution is 2.34. The molecular weight excluding hydrogens is 468 g/mol. The van der Waals surface area contributed by atoms with Crippen molar-refractivity contribution in [2.75, 3.05) is 18.4 Å². The lowest BCUT2D eigenvalue weighted by Crippen LogP contribution is -2.36. The van der Waals surface area contributed by atoms with Gasteiger partial charge in [0.15, 0.2) is 11.0 Å². The number of sulfonamides is 1. The fourth-order valence-corrected chi connectivity index (χ4v) is 7.14. The Morgan fingerprint density at radius 3 is 2.71 bits per heavy atom. The van der Waals surface area contributed by atoms with Gasteiger partial charge >= 0.3 is 6.55 Å². The zero-order chi connectivity index (χ0) is 22.2. The first-order valence-electron chi connectivity index (χ1n) is 9.47. The lowest BCUT2D eigenvalue weighted by Gasteiger charge is -2.25. The Hall–Kier alpha value is -2.22. The molecule has 1 aliphatic rings. The number of thiophene rings is 1. The largest absolute Gasteiger partial charge is 0.320 e. The maximum Gasteiger partial charge on any atom is 0.320 e. The first-order chi connectivity index (χ1) is 14.8. The maximum atomic E-state index is 13.2. The number of anilines is 1. The molecule has 0 atom stereocenters. The van der Waals surface area contributed by atoms with Crippen LogP contribution in [-0.4, -0.2) is 46.3 Å². The van der Waals surface area contributed by atoms with Gasteiger partial charge in [0.05, 0.1) is 10.6 Å². The van der Waals surface area contributed by atoms with Gasteiger partial charge in [-0.1, -0.05) is 17.8 Å². The standard InChI is InChI=1S/C18H19F2N5O3S3/c1-11-13(15-21-6-9-25(15)17(19)20)30-18(22-11)23-16(26)14-12(5-10-29-14)31(27,28)24-7-3-2-4-8-24/h5-6,9-10,17H,2-4,7-8H2,1H3,(H,22,23,26). The summed E-state index contributed by atoms with van der Waals surface area (Å²) in [6, 6.07) is 1.43. The summed E-state index contributed by atoms with van der Waals surface area (Å²) in [6.45, 7) is -0.259. The average molecular weight is 488 g/mol. The number of hydrogen-bond acceptors (Lipinski definition) is 7. The van der Waals surface area contributed by atoms with Crippen molar-refractivity contribution in [1.82, 2.24) is 18.8 Å². The Kier molecular flexibility index (Phi) is 6.19. The third-order valence-electron chi connectivity index (χ3n) is 4.87. The van der Waals surface area contributed by atoms with E-state index in [1.54, 1.807) is 12.3 Å². The van der Waals surface area contributed by atoms with Gasteiger partial charge in [0.1, 0.15) is 9.77 Å². The number of aromatic nitrogens is 3. The van der Waals surface area contributed by atoms with E-state index < -0.39 is 22.5 Å². The Balaban J connectivity index is 1.58. The van der Waals surface area contributed by atoms with Crippen molar-refractivity contribution in [3.05, 3.63) is 34.4 Å². The molecule has 0 unspecified atom stereocenters. The van der Waals surface area contributed by atoms with Gasteiger partial charge < -0.3 is 0 Å². The third-order valence-corrected chi connectivity index (χ3v) is 8.92. The molecule has 4 heterocycles. The second kappa shape index (κ2) is 8.73. The molecule has 1 amide bonds. The van der Waals surface area contributed by atoms with Crippen LogP contribution >= 0.6 is 22.7 Å². The Morgan fingerprint density at radius 1 is 1.26 bits per heavy atom. The first kappa shape index (κ1) is 22.0. The molecule has 13 heteroatoms. The average Bonchev–Trinajstić information content (AvgIpc) is 3.48. The quantitative estimate of drug-likeness (QED) is 0.562. The van der Waals surface area contributed by atoms with E-state index in [1.165, 1.54) is 22.8 Å². The van der Waals surface area contributed by atoms with Crippen LogP contribution in [0.25, 0.3) is 10.7 Å². The minimum Gasteiger partial charge on any atom is -0.297 e. The number of alkyl halides is 2. The number of thiazole rings is 1. The molecule has 0 radical (unpaired) electrons. The molecule has 1 N–H and O–H groups in total. The number of nitrogens with one attached hydrogen (secondary N) is 1. The summed E-state index contributed by atoms with van der Waals surface area (Å²) in [5.41, 5.74) is 0.431. The van der Waals surface area contributed by atoms with Crippen LogP contribution in [0.1, 0.15) is 41.2 Å². The van der Waals surface area contributed by atoms with Gasteiger partial charge in [-0.3, -0.25) is 14.7 Å². The van der Waals surface area contributed by atoms with Crippen LogP contribution in [0.4, 0.5) is 13.9 Å². The lowest BCUT2D eigenvalue weighted by molar-refractivity contribution is 0.0720. The third kappa shape index (κ3) is 4.27. The molecule has 31 heavy (non-hydrogen) atoms. The summed E-state index contributed by atoms with van der Waals surface area (Å²) in [5.74, 6) is -0.557. The SMILES string of the molecule is Cc1nc(NC(=O)c2sccc2S(=O)(=O)N2CCCCC2)sc1-c1nccn1C(F)F. The predicted molar refractivity (Wildman–Crippen MR) is 114 cm³/mol. The van der Waals surface area contributed by atoms with E-state index in [0.717, 1.165) is 41.9 Å². The number of amides is 1. The van der Waals surface area contributed by atoms with Crippen molar-refractivity contribution in [3.8, 4) is 10.7 Å². The molecule has 3 aromatic heterocycles. The first-order valence-corrected chi connectivity index (χ1v) is 12.6. The summed E-state index contributed by atoms with van der Waals surface area (Å²) < 4.78 is 54.5. The highest BCUT2D eigenvalue weighted by Gasteiger charge is 2.31. The van der Waals surface area contributed by atoms with Crippen molar-refractivity contribution in [1.29, 1.82) is 0 Å². The number of carbonyl (C=O) groups is 1. The summed E-state index contributed by atoms with van der Waals surface area (Å²) in [6.07, 6.45) is 5.00. The monoisotopic (exact) mass is 487 g/mol. The molecule has 1 fully saturated rings. The smallest absolute Gasteiger partial charge is 0.297 e. The Bertz CT molecular complexity index is 1200. The van der Waals surface area contributed by atoms with Crippen LogP contribution in [0.3, 0.4) is 0 Å². The molecule has 4 rings (SSSR count). The maximum absolute atomic E-state index is 13.2. The van der Waals surface area contributed by atoms with Gasteiger partial charge in [-0.05, 0) is 31.2 Å². The van der Waals surface area contributed by atoms with Gasteiger partial charge in [-0.2, -0.15) is 13.1 Å². The van der Waals surface area contributed by atoms with Crippen LogP contribution in [-0.2, 0) is 10.0 Å². The van der Waals surface area contributed by atoms with Crippen LogP contribution < -0.4 is 5.32 Å². The van der Waals surface area contributed by atoms with Gasteiger partial charge in [-0.25, -0.2) is 18.4 Å². The molecule has 1 saturated heterocycles. The molecule has 3 aromatic rings. The number of nitrogens with zero attached hydrogens (tertiary/aromatic N) is 4. The molecule has 0 aromatic carbocycles. The molecular formula is C18H19F2N5O3S3. The zero-order valence-electron chi connectivity index (χ0n) is 16.4. The van der Waals surface area contributed by atoms with Gasteiger partial charge in [0.25, 0.3) is 5.91 Å². The van der Waals surface area contributed by atoms with Crippen LogP contribution in [0, 0.1) is 6.92 Å². The number of imidazole rings is 1. The number of hydrogen-bond donors (Lipinski definition) is 1. The summed E-state index contributed by atoms with van der Waals surface area (Å²) in [5, 5.41) is 4.34. The minimum absolute atomic E-state index is 0.0290. The second-order valence-electron chi connectivity index (χ2n) is 6.90. The zero-order valence-corrected chi connectivity index (χ0v) is 18.9. The van der Waals surface area contributed by atoms with Gasteiger partial charge in [0.2, 0.25) is 10.0 Å². The summed E-state index contributed by atoms with van der Waals surface area (Å²) in [7, 11) is -3.77. The van der Waals surface area contributed by atoms with Crippen LogP contribution in [0.2, 0.25) is 0 Å². The van der Waals surface area contributed by atoms with Crippen molar-refractivity contribution in [2.45, 2.75) is 37.6 Å². The fraction of sp³-hybridized carbons (Fsp3) is 0.389. The van der Waals surface area contributed by atoms with Crippen molar-refractivity contribution >= 4 is 43.7 Å². The number of piperidine rings is 1. The van der Waals surface area contributed by atoms with E-state index in [1.807, 2.05) is 0 Å². The van der Waals surface area contributed by atoms with Crippen LogP contribution in [0.15, 0.2) is 28.7 Å². The van der Waals surface area contributed by atoms with Gasteiger partial charge in [0, 0.05) is 25.5 Å². The van der Waals surface area contributed by atoms with E-state index in [0.29, 0.717) is 28.2 Å². The van der Waals surface area contributed by atoms with E-state index in [2.05, 4.69) is 15.3 Å². The highest BCUT2D eigenvalue weighted by molar-refractivity contribution is 7.89. The number of rotatable bonds is 6. The summed E-state index contributed by atoms with van der Waals surface area (Å²) >= 11 is 2.03. The highest BCUT2D eigenvalue weighted by atomic mass is 32.2. The van der Waals surface area contributed by atoms with Crippen molar-refractivity contribution < 1.29 is 22.0 Å². The van der Waals surface area contributed by atoms with E-state index in [-0.39, 0.29) is 20.7 Å². The lowest BCUT2D eigenvalue weighted by atomic mass is 10.2. The summed E-state index contributed by atoms with van der Waals surface area (Å²) in [4.78, 5) is 21.5. The van der Waals surface area contributed by atoms with E-state index in [9.17, 15) is 22.0 Å². The predicted octanol–water partition coefficient (Wildman–Crippen LogP) is 4.20. The minimum atomic E-state index is -3.77. The number of aryl methyl sites for hydroxylation is 1. The van der Waals surface area contributed by atoms with Crippen molar-refractivity contribution in [2.24, 2.45) is 0 Å². The van der Waals surface area contributed by atoms with Gasteiger partial charge in [-0.15, -0.1) is 11.3 Å². The van der Waals surface area contributed by atoms with E-state index in [4.69, 9.17) is 0 Å². The Labute approximate surface area is 185 Å². The topological polar surface area (TPSA) is 97.2 Å². The second-order valence-corrected chi connectivity index (χ2v) is 10.7. The number of halogens is 2. The normalized spacial score (nSPS) is 15.5. The number of carbonyl (C=O) groups excluding carboxylic acids is 1. The Morgan fingerprint density at radius 2 is 2.00 bits per heavy atom. The van der Waals surface area contributed by atoms with Crippen LogP contribution in [0.5, 0.6) is 0 Å². The molecule has 8 nitrogen and oxygen atoms in total. The molecule has 1 aliphatic heterocycles.